The molecule has 1 aromatic rings. The van der Waals surface area contributed by atoms with Gasteiger partial charge in [-0.2, -0.15) is 0 Å². The molecule has 1 aromatic heterocycles. The van der Waals surface area contributed by atoms with E-state index in [1.807, 2.05) is 4.90 Å². The number of nitrogens with zero attached hydrogens (tertiary/aromatic N) is 4. The molecule has 2 rings (SSSR count). The first-order chi connectivity index (χ1) is 9.70. The largest absolute Gasteiger partial charge is 0.339 e. The Kier molecular flexibility index (Phi) is 6.04. The third-order valence-corrected chi connectivity index (χ3v) is 3.97. The lowest BCUT2D eigenvalue weighted by molar-refractivity contribution is -0.131. The molecule has 0 spiro atoms. The van der Waals surface area contributed by atoms with E-state index in [9.17, 15) is 4.79 Å². The number of halogens is 2. The predicted molar refractivity (Wildman–Crippen MR) is 83.1 cm³/mol. The van der Waals surface area contributed by atoms with Crippen LogP contribution in [0.5, 0.6) is 0 Å². The molecule has 0 bridgehead atoms. The van der Waals surface area contributed by atoms with Crippen molar-refractivity contribution in [2.45, 2.75) is 19.3 Å². The van der Waals surface area contributed by atoms with E-state index in [4.69, 9.17) is 11.6 Å². The number of piperazine rings is 1. The van der Waals surface area contributed by atoms with Crippen LogP contribution >= 0.6 is 27.5 Å². The first-order valence-corrected chi connectivity index (χ1v) is 8.09. The van der Waals surface area contributed by atoms with Crippen LogP contribution in [0.2, 0.25) is 0 Å². The Labute approximate surface area is 132 Å². The monoisotopic (exact) mass is 360 g/mol. The maximum Gasteiger partial charge on any atom is 0.225 e. The van der Waals surface area contributed by atoms with E-state index in [1.54, 1.807) is 12.4 Å². The van der Waals surface area contributed by atoms with E-state index in [-0.39, 0.29) is 5.91 Å². The number of anilines is 1. The zero-order valence-corrected chi connectivity index (χ0v) is 13.6. The van der Waals surface area contributed by atoms with Crippen LogP contribution in [-0.4, -0.2) is 52.8 Å². The van der Waals surface area contributed by atoms with Crippen molar-refractivity contribution in [2.75, 3.05) is 37.0 Å². The standard InChI is InChI=1S/C13H18BrClN4O/c14-11-9-16-13(17-10-11)19-7-5-18(6-8-19)12(20)3-1-2-4-15/h9-10H,1-8H2. The number of rotatable bonds is 5. The number of amides is 1. The lowest BCUT2D eigenvalue weighted by Crippen LogP contribution is -2.49. The van der Waals surface area contributed by atoms with Gasteiger partial charge in [-0.3, -0.25) is 4.79 Å². The van der Waals surface area contributed by atoms with E-state index in [2.05, 4.69) is 30.8 Å². The minimum atomic E-state index is 0.228. The molecule has 0 radical (unpaired) electrons. The second kappa shape index (κ2) is 7.78. The SMILES string of the molecule is O=C(CCCCCl)N1CCN(c2ncc(Br)cn2)CC1. The molecule has 0 N–H and O–H groups in total. The molecule has 2 heterocycles. The Hall–Kier alpha value is -0.880. The van der Waals surface area contributed by atoms with E-state index < -0.39 is 0 Å². The van der Waals surface area contributed by atoms with Crippen LogP contribution in [0.15, 0.2) is 16.9 Å². The summed E-state index contributed by atoms with van der Waals surface area (Å²) in [5.74, 6) is 1.58. The molecule has 5 nitrogen and oxygen atoms in total. The van der Waals surface area contributed by atoms with Gasteiger partial charge in [0.2, 0.25) is 11.9 Å². The molecule has 7 heteroatoms. The second-order valence-electron chi connectivity index (χ2n) is 4.72. The Morgan fingerprint density at radius 1 is 1.20 bits per heavy atom. The van der Waals surface area contributed by atoms with Gasteiger partial charge in [0.05, 0.1) is 4.47 Å². The van der Waals surface area contributed by atoms with E-state index in [0.29, 0.717) is 12.3 Å². The van der Waals surface area contributed by atoms with Crippen molar-refractivity contribution >= 4 is 39.4 Å². The Morgan fingerprint density at radius 3 is 2.45 bits per heavy atom. The van der Waals surface area contributed by atoms with Crippen molar-refractivity contribution in [1.82, 2.24) is 14.9 Å². The number of carbonyl (C=O) groups is 1. The summed E-state index contributed by atoms with van der Waals surface area (Å²) in [6, 6.07) is 0. The summed E-state index contributed by atoms with van der Waals surface area (Å²) in [5.41, 5.74) is 0. The Bertz CT molecular complexity index is 435. The number of hydrogen-bond donors (Lipinski definition) is 0. The van der Waals surface area contributed by atoms with Crippen molar-refractivity contribution in [3.05, 3.63) is 16.9 Å². The lowest BCUT2D eigenvalue weighted by Gasteiger charge is -2.34. The summed E-state index contributed by atoms with van der Waals surface area (Å²) in [5, 5.41) is 0. The van der Waals surface area contributed by atoms with Crippen molar-refractivity contribution < 1.29 is 4.79 Å². The van der Waals surface area contributed by atoms with Gasteiger partial charge in [-0.25, -0.2) is 9.97 Å². The highest BCUT2D eigenvalue weighted by atomic mass is 79.9. The summed E-state index contributed by atoms with van der Waals surface area (Å²) in [6.45, 7) is 3.03. The molecular formula is C13H18BrClN4O. The zero-order chi connectivity index (χ0) is 14.4. The molecule has 1 amide bonds. The highest BCUT2D eigenvalue weighted by molar-refractivity contribution is 9.10. The molecule has 0 unspecified atom stereocenters. The highest BCUT2D eigenvalue weighted by Gasteiger charge is 2.21. The number of aromatic nitrogens is 2. The van der Waals surface area contributed by atoms with Gasteiger partial charge in [-0.15, -0.1) is 11.6 Å². The Morgan fingerprint density at radius 2 is 1.85 bits per heavy atom. The third kappa shape index (κ3) is 4.31. The fraction of sp³-hybridized carbons (Fsp3) is 0.615. The summed E-state index contributed by atoms with van der Waals surface area (Å²) >= 11 is 8.94. The van der Waals surface area contributed by atoms with Gasteiger partial charge in [0.15, 0.2) is 0 Å². The number of alkyl halides is 1. The number of unbranched alkanes of at least 4 members (excludes halogenated alkanes) is 1. The molecule has 1 saturated heterocycles. The van der Waals surface area contributed by atoms with Crippen LogP contribution in [0.4, 0.5) is 5.95 Å². The van der Waals surface area contributed by atoms with Gasteiger partial charge in [-0.1, -0.05) is 0 Å². The average molecular weight is 362 g/mol. The van der Waals surface area contributed by atoms with Gasteiger partial charge in [0.1, 0.15) is 0 Å². The van der Waals surface area contributed by atoms with Crippen LogP contribution in [0.1, 0.15) is 19.3 Å². The second-order valence-corrected chi connectivity index (χ2v) is 6.01. The zero-order valence-electron chi connectivity index (χ0n) is 11.3. The molecule has 0 saturated carbocycles. The maximum atomic E-state index is 12.0. The summed E-state index contributed by atoms with van der Waals surface area (Å²) < 4.78 is 0.870. The van der Waals surface area contributed by atoms with Crippen molar-refractivity contribution in [3.63, 3.8) is 0 Å². The van der Waals surface area contributed by atoms with Crippen LogP contribution < -0.4 is 4.90 Å². The molecular weight excluding hydrogens is 344 g/mol. The Balaban J connectivity index is 1.80. The molecule has 1 fully saturated rings. The van der Waals surface area contributed by atoms with Crippen molar-refractivity contribution in [2.24, 2.45) is 0 Å². The van der Waals surface area contributed by atoms with Gasteiger partial charge in [-0.05, 0) is 28.8 Å². The smallest absolute Gasteiger partial charge is 0.225 e. The molecule has 0 aromatic carbocycles. The average Bonchev–Trinajstić information content (AvgIpc) is 2.48. The van der Waals surface area contributed by atoms with E-state index in [0.717, 1.165) is 49.4 Å². The molecule has 0 atom stereocenters. The van der Waals surface area contributed by atoms with E-state index in [1.165, 1.54) is 0 Å². The number of carbonyl (C=O) groups excluding carboxylic acids is 1. The van der Waals surface area contributed by atoms with Gasteiger partial charge in [0, 0.05) is 50.9 Å². The fourth-order valence-electron chi connectivity index (χ4n) is 2.15. The third-order valence-electron chi connectivity index (χ3n) is 3.30. The van der Waals surface area contributed by atoms with Crippen molar-refractivity contribution in [1.29, 1.82) is 0 Å². The minimum Gasteiger partial charge on any atom is -0.339 e. The van der Waals surface area contributed by atoms with Gasteiger partial charge < -0.3 is 9.80 Å². The minimum absolute atomic E-state index is 0.228. The van der Waals surface area contributed by atoms with Crippen LogP contribution in [0, 0.1) is 0 Å². The molecule has 0 aliphatic carbocycles. The topological polar surface area (TPSA) is 49.3 Å². The van der Waals surface area contributed by atoms with Gasteiger partial charge >= 0.3 is 0 Å². The van der Waals surface area contributed by atoms with Crippen LogP contribution in [0.3, 0.4) is 0 Å². The highest BCUT2D eigenvalue weighted by Crippen LogP contribution is 2.14. The van der Waals surface area contributed by atoms with Crippen LogP contribution in [0.25, 0.3) is 0 Å². The molecule has 1 aliphatic rings. The fourth-order valence-corrected chi connectivity index (χ4v) is 2.55. The number of hydrogen-bond acceptors (Lipinski definition) is 4. The summed E-state index contributed by atoms with van der Waals surface area (Å²) in [6.07, 6.45) is 5.86. The normalized spacial score (nSPS) is 15.5. The van der Waals surface area contributed by atoms with Gasteiger partial charge in [0.25, 0.3) is 0 Å². The van der Waals surface area contributed by atoms with Crippen LogP contribution in [-0.2, 0) is 4.79 Å². The first-order valence-electron chi connectivity index (χ1n) is 6.77. The van der Waals surface area contributed by atoms with E-state index >= 15 is 0 Å². The molecule has 110 valence electrons. The predicted octanol–water partition coefficient (Wildman–Crippen LogP) is 2.30. The summed E-state index contributed by atoms with van der Waals surface area (Å²) in [7, 11) is 0. The molecule has 1 aliphatic heterocycles. The maximum absolute atomic E-state index is 12.0. The quantitative estimate of drug-likeness (QED) is 0.596. The first kappa shape index (κ1) is 15.5. The molecule has 20 heavy (non-hydrogen) atoms. The summed E-state index contributed by atoms with van der Waals surface area (Å²) in [4.78, 5) is 24.6. The van der Waals surface area contributed by atoms with Crippen molar-refractivity contribution in [3.8, 4) is 0 Å². The lowest BCUT2D eigenvalue weighted by atomic mass is 10.2.